The number of rotatable bonds is 7. The molecular formula is C25H37N3O2. The van der Waals surface area contributed by atoms with Crippen molar-refractivity contribution in [3.05, 3.63) is 36.0 Å². The van der Waals surface area contributed by atoms with E-state index < -0.39 is 0 Å². The molecule has 1 aliphatic heterocycles. The predicted molar refractivity (Wildman–Crippen MR) is 122 cm³/mol. The van der Waals surface area contributed by atoms with Crippen molar-refractivity contribution in [1.29, 1.82) is 0 Å². The van der Waals surface area contributed by atoms with Crippen LogP contribution in [0.4, 0.5) is 0 Å². The molecule has 164 valence electrons. The van der Waals surface area contributed by atoms with Crippen LogP contribution in [0.3, 0.4) is 0 Å². The van der Waals surface area contributed by atoms with E-state index in [4.69, 9.17) is 4.74 Å². The molecule has 0 radical (unpaired) electrons. The summed E-state index contributed by atoms with van der Waals surface area (Å²) in [6.07, 6.45) is 9.93. The maximum atomic E-state index is 12.5. The third-order valence-electron chi connectivity index (χ3n) is 6.68. The summed E-state index contributed by atoms with van der Waals surface area (Å²) in [5, 5.41) is 4.61. The lowest BCUT2D eigenvalue weighted by molar-refractivity contribution is -0.122. The number of amides is 1. The van der Waals surface area contributed by atoms with Gasteiger partial charge in [-0.1, -0.05) is 24.6 Å². The highest BCUT2D eigenvalue weighted by atomic mass is 16.5. The number of morpholine rings is 1. The maximum absolute atomic E-state index is 12.5. The second kappa shape index (κ2) is 9.97. The van der Waals surface area contributed by atoms with Crippen molar-refractivity contribution in [2.24, 2.45) is 5.92 Å². The standard InChI is InChI=1S/C25H37N3O2/c1-18-15-28(16-19(2)30-18)17-20-7-5-9-22(13-20)27-25(29)12-6-8-21-14-26-24-11-4-3-10-23(21)24/h3-4,10-11,14,18-20,22,26H,5-9,12-13,15-17H2,1-2H3,(H,27,29)/t18-,19+,20-,22-/m1/s1. The van der Waals surface area contributed by atoms with Crippen LogP contribution in [0.2, 0.25) is 0 Å². The van der Waals surface area contributed by atoms with Crippen LogP contribution in [0.1, 0.15) is 57.9 Å². The van der Waals surface area contributed by atoms with E-state index in [1.54, 1.807) is 0 Å². The monoisotopic (exact) mass is 411 g/mol. The molecule has 2 N–H and O–H groups in total. The van der Waals surface area contributed by atoms with Gasteiger partial charge in [-0.3, -0.25) is 9.69 Å². The summed E-state index contributed by atoms with van der Waals surface area (Å²) in [4.78, 5) is 18.4. The lowest BCUT2D eigenvalue weighted by Crippen LogP contribution is -2.48. The van der Waals surface area contributed by atoms with E-state index in [0.29, 0.717) is 30.6 Å². The Bertz CT molecular complexity index is 823. The third-order valence-corrected chi connectivity index (χ3v) is 6.68. The molecule has 5 heteroatoms. The minimum absolute atomic E-state index is 0.217. The lowest BCUT2D eigenvalue weighted by atomic mass is 9.85. The minimum atomic E-state index is 0.217. The molecule has 1 saturated heterocycles. The fourth-order valence-corrected chi connectivity index (χ4v) is 5.46. The molecule has 1 aromatic heterocycles. The fourth-order valence-electron chi connectivity index (χ4n) is 5.46. The van der Waals surface area contributed by atoms with Crippen LogP contribution in [-0.4, -0.2) is 53.7 Å². The number of aromatic amines is 1. The Balaban J connectivity index is 1.19. The molecule has 0 spiro atoms. The van der Waals surface area contributed by atoms with E-state index in [0.717, 1.165) is 45.3 Å². The van der Waals surface area contributed by atoms with Crippen LogP contribution in [0.25, 0.3) is 10.9 Å². The van der Waals surface area contributed by atoms with Gasteiger partial charge in [0.05, 0.1) is 12.2 Å². The van der Waals surface area contributed by atoms with E-state index in [9.17, 15) is 4.79 Å². The SMILES string of the molecule is C[C@@H]1CN(C[C@@H]2CCC[C@@H](NC(=O)CCCc3c[nH]c4ccccc34)C2)C[C@H](C)O1. The molecule has 30 heavy (non-hydrogen) atoms. The number of nitrogens with one attached hydrogen (secondary N) is 2. The Morgan fingerprint density at radius 2 is 2.00 bits per heavy atom. The molecule has 1 aromatic carbocycles. The molecule has 0 bridgehead atoms. The summed E-state index contributed by atoms with van der Waals surface area (Å²) in [5.74, 6) is 0.905. The number of benzene rings is 1. The van der Waals surface area contributed by atoms with Gasteiger partial charge in [-0.05, 0) is 63.5 Å². The van der Waals surface area contributed by atoms with Gasteiger partial charge in [0, 0.05) is 49.2 Å². The van der Waals surface area contributed by atoms with Gasteiger partial charge in [0.2, 0.25) is 5.91 Å². The summed E-state index contributed by atoms with van der Waals surface area (Å²) in [6.45, 7) is 7.55. The number of aryl methyl sites for hydroxylation is 1. The molecule has 2 fully saturated rings. The van der Waals surface area contributed by atoms with Crippen molar-refractivity contribution in [1.82, 2.24) is 15.2 Å². The number of carbonyl (C=O) groups excluding carboxylic acids is 1. The number of hydrogen-bond acceptors (Lipinski definition) is 3. The smallest absolute Gasteiger partial charge is 0.220 e. The summed E-state index contributed by atoms with van der Waals surface area (Å²) in [5.41, 5.74) is 2.49. The number of hydrogen-bond donors (Lipinski definition) is 2. The summed E-state index contributed by atoms with van der Waals surface area (Å²) in [6, 6.07) is 8.72. The maximum Gasteiger partial charge on any atom is 0.220 e. The molecule has 4 rings (SSSR count). The Morgan fingerprint density at radius 1 is 1.20 bits per heavy atom. The highest BCUT2D eigenvalue weighted by Crippen LogP contribution is 2.26. The number of para-hydroxylation sites is 1. The number of H-pyrrole nitrogens is 1. The van der Waals surface area contributed by atoms with Crippen LogP contribution < -0.4 is 5.32 Å². The Labute approximate surface area is 180 Å². The van der Waals surface area contributed by atoms with Crippen LogP contribution in [-0.2, 0) is 16.0 Å². The van der Waals surface area contributed by atoms with Crippen LogP contribution >= 0.6 is 0 Å². The van der Waals surface area contributed by atoms with Crippen LogP contribution in [0, 0.1) is 5.92 Å². The van der Waals surface area contributed by atoms with Gasteiger partial charge >= 0.3 is 0 Å². The average Bonchev–Trinajstić information content (AvgIpc) is 3.11. The van der Waals surface area contributed by atoms with Crippen molar-refractivity contribution < 1.29 is 9.53 Å². The zero-order valence-corrected chi connectivity index (χ0v) is 18.5. The summed E-state index contributed by atoms with van der Waals surface area (Å²) in [7, 11) is 0. The van der Waals surface area contributed by atoms with Crippen molar-refractivity contribution in [2.75, 3.05) is 19.6 Å². The molecule has 0 unspecified atom stereocenters. The first-order valence-electron chi connectivity index (χ1n) is 11.8. The van der Waals surface area contributed by atoms with Gasteiger partial charge in [-0.25, -0.2) is 0 Å². The molecule has 2 aliphatic rings. The van der Waals surface area contributed by atoms with Gasteiger partial charge in [0.25, 0.3) is 0 Å². The Hall–Kier alpha value is -1.85. The van der Waals surface area contributed by atoms with Crippen molar-refractivity contribution in [2.45, 2.75) is 77.0 Å². The first kappa shape index (κ1) is 21.4. The van der Waals surface area contributed by atoms with Crippen molar-refractivity contribution in [3.8, 4) is 0 Å². The molecule has 4 atom stereocenters. The van der Waals surface area contributed by atoms with Gasteiger partial charge in [-0.15, -0.1) is 0 Å². The molecular weight excluding hydrogens is 374 g/mol. The highest BCUT2D eigenvalue weighted by molar-refractivity contribution is 5.83. The molecule has 1 aliphatic carbocycles. The van der Waals surface area contributed by atoms with Crippen molar-refractivity contribution >= 4 is 16.8 Å². The third kappa shape index (κ3) is 5.64. The quantitative estimate of drug-likeness (QED) is 0.715. The van der Waals surface area contributed by atoms with E-state index in [-0.39, 0.29) is 5.91 Å². The number of nitrogens with zero attached hydrogens (tertiary/aromatic N) is 1. The fraction of sp³-hybridized carbons (Fsp3) is 0.640. The zero-order chi connectivity index (χ0) is 20.9. The second-order valence-corrected chi connectivity index (χ2v) is 9.49. The number of ether oxygens (including phenoxy) is 1. The van der Waals surface area contributed by atoms with Crippen LogP contribution in [0.5, 0.6) is 0 Å². The molecule has 1 saturated carbocycles. The van der Waals surface area contributed by atoms with E-state index in [1.165, 1.54) is 29.3 Å². The zero-order valence-electron chi connectivity index (χ0n) is 18.5. The minimum Gasteiger partial charge on any atom is -0.373 e. The Morgan fingerprint density at radius 3 is 2.83 bits per heavy atom. The van der Waals surface area contributed by atoms with Gasteiger partial charge in [0.1, 0.15) is 0 Å². The Kier molecular flexibility index (Phi) is 7.11. The second-order valence-electron chi connectivity index (χ2n) is 9.49. The topological polar surface area (TPSA) is 57.4 Å². The first-order valence-corrected chi connectivity index (χ1v) is 11.8. The van der Waals surface area contributed by atoms with Gasteiger partial charge < -0.3 is 15.0 Å². The lowest BCUT2D eigenvalue weighted by Gasteiger charge is -2.39. The van der Waals surface area contributed by atoms with E-state index in [1.807, 2.05) is 6.07 Å². The van der Waals surface area contributed by atoms with E-state index >= 15 is 0 Å². The van der Waals surface area contributed by atoms with Crippen molar-refractivity contribution in [3.63, 3.8) is 0 Å². The molecule has 1 amide bonds. The summed E-state index contributed by atoms with van der Waals surface area (Å²) < 4.78 is 5.87. The molecule has 5 nitrogen and oxygen atoms in total. The first-order chi connectivity index (χ1) is 14.6. The number of fused-ring (bicyclic) bond motifs is 1. The molecule has 2 heterocycles. The number of aromatic nitrogens is 1. The average molecular weight is 412 g/mol. The van der Waals surface area contributed by atoms with Gasteiger partial charge in [0.15, 0.2) is 0 Å². The molecule has 2 aromatic rings. The highest BCUT2D eigenvalue weighted by Gasteiger charge is 2.28. The van der Waals surface area contributed by atoms with E-state index in [2.05, 4.69) is 53.4 Å². The van der Waals surface area contributed by atoms with Gasteiger partial charge in [-0.2, -0.15) is 0 Å². The largest absolute Gasteiger partial charge is 0.373 e. The summed E-state index contributed by atoms with van der Waals surface area (Å²) >= 11 is 0. The predicted octanol–water partition coefficient (Wildman–Crippen LogP) is 4.27. The normalized spacial score (nSPS) is 27.9. The number of carbonyl (C=O) groups is 1. The van der Waals surface area contributed by atoms with Crippen LogP contribution in [0.15, 0.2) is 30.5 Å².